The van der Waals surface area contributed by atoms with Gasteiger partial charge >= 0.3 is 6.09 Å². The van der Waals surface area contributed by atoms with Crippen molar-refractivity contribution in [1.82, 2.24) is 14.9 Å². The quantitative estimate of drug-likeness (QED) is 0.829. The third-order valence-electron chi connectivity index (χ3n) is 2.47. The van der Waals surface area contributed by atoms with Gasteiger partial charge in [0.05, 0.1) is 24.3 Å². The first-order valence-electron chi connectivity index (χ1n) is 6.30. The highest BCUT2D eigenvalue weighted by atomic mass is 16.6. The second kappa shape index (κ2) is 6.36. The summed E-state index contributed by atoms with van der Waals surface area (Å²) >= 11 is 0. The van der Waals surface area contributed by atoms with E-state index in [1.807, 2.05) is 11.5 Å². The van der Waals surface area contributed by atoms with Crippen molar-refractivity contribution in [2.45, 2.75) is 52.3 Å². The van der Waals surface area contributed by atoms with Crippen molar-refractivity contribution in [2.75, 3.05) is 0 Å². The first-order chi connectivity index (χ1) is 8.87. The van der Waals surface area contributed by atoms with Crippen LogP contribution in [0.5, 0.6) is 0 Å². The van der Waals surface area contributed by atoms with Gasteiger partial charge in [-0.15, -0.1) is 0 Å². The number of nitrogens with zero attached hydrogens (tertiary/aromatic N) is 2. The normalized spacial score (nSPS) is 12.8. The van der Waals surface area contributed by atoms with Gasteiger partial charge in [0, 0.05) is 13.0 Å². The first-order valence-corrected chi connectivity index (χ1v) is 6.30. The molecule has 0 aliphatic heterocycles. The number of aromatic nitrogens is 2. The number of rotatable bonds is 5. The van der Waals surface area contributed by atoms with Crippen LogP contribution in [-0.2, 0) is 16.1 Å². The van der Waals surface area contributed by atoms with Crippen molar-refractivity contribution < 1.29 is 14.3 Å². The second-order valence-corrected chi connectivity index (χ2v) is 5.21. The predicted octanol–water partition coefficient (Wildman–Crippen LogP) is 2.06. The number of aryl methyl sites for hydroxylation is 1. The van der Waals surface area contributed by atoms with E-state index in [4.69, 9.17) is 4.74 Å². The number of amides is 1. The van der Waals surface area contributed by atoms with Crippen LogP contribution in [0.25, 0.3) is 0 Å². The number of hydrogen-bond donors (Lipinski definition) is 1. The standard InChI is InChI=1S/C13H21N3O3/c1-5-16-9-14-8-11(16)10(6-7-17)15-12(18)19-13(2,3)4/h7-10H,5-6H2,1-4H3,(H,15,18)/t10-/m1/s1. The van der Waals surface area contributed by atoms with E-state index in [1.165, 1.54) is 0 Å². The Morgan fingerprint density at radius 1 is 1.58 bits per heavy atom. The Kier molecular flexibility index (Phi) is 5.09. The van der Waals surface area contributed by atoms with E-state index < -0.39 is 17.7 Å². The zero-order valence-corrected chi connectivity index (χ0v) is 11.8. The molecule has 1 atom stereocenters. The molecule has 0 fully saturated rings. The van der Waals surface area contributed by atoms with Gasteiger partial charge in [0.15, 0.2) is 0 Å². The molecule has 19 heavy (non-hydrogen) atoms. The van der Waals surface area contributed by atoms with Crippen molar-refractivity contribution >= 4 is 12.4 Å². The summed E-state index contributed by atoms with van der Waals surface area (Å²) in [5.41, 5.74) is 0.223. The summed E-state index contributed by atoms with van der Waals surface area (Å²) in [4.78, 5) is 26.5. The molecule has 1 heterocycles. The Balaban J connectivity index is 2.79. The van der Waals surface area contributed by atoms with Gasteiger partial charge in [0.2, 0.25) is 0 Å². The van der Waals surface area contributed by atoms with Crippen LogP contribution < -0.4 is 5.32 Å². The van der Waals surface area contributed by atoms with Gasteiger partial charge in [-0.3, -0.25) is 0 Å². The van der Waals surface area contributed by atoms with Gasteiger partial charge in [-0.2, -0.15) is 0 Å². The summed E-state index contributed by atoms with van der Waals surface area (Å²) in [7, 11) is 0. The van der Waals surface area contributed by atoms with Gasteiger partial charge in [-0.1, -0.05) is 0 Å². The SMILES string of the molecule is CCn1cncc1[C@@H](CC=O)NC(=O)OC(C)(C)C. The third-order valence-corrected chi connectivity index (χ3v) is 2.47. The number of ether oxygens (including phenoxy) is 1. The highest BCUT2D eigenvalue weighted by Gasteiger charge is 2.22. The predicted molar refractivity (Wildman–Crippen MR) is 70.7 cm³/mol. The second-order valence-electron chi connectivity index (χ2n) is 5.21. The lowest BCUT2D eigenvalue weighted by atomic mass is 10.1. The summed E-state index contributed by atoms with van der Waals surface area (Å²) in [6, 6.07) is -0.421. The van der Waals surface area contributed by atoms with Gasteiger partial charge in [-0.05, 0) is 27.7 Å². The maximum Gasteiger partial charge on any atom is 0.408 e. The fourth-order valence-corrected chi connectivity index (χ4v) is 1.69. The van der Waals surface area contributed by atoms with Crippen LogP contribution in [0, 0.1) is 0 Å². The molecule has 0 spiro atoms. The summed E-state index contributed by atoms with van der Waals surface area (Å²) in [5.74, 6) is 0. The molecule has 1 aromatic rings. The van der Waals surface area contributed by atoms with E-state index in [9.17, 15) is 9.59 Å². The van der Waals surface area contributed by atoms with E-state index in [2.05, 4.69) is 10.3 Å². The molecule has 6 heteroatoms. The maximum absolute atomic E-state index is 11.8. The Labute approximate surface area is 113 Å². The van der Waals surface area contributed by atoms with Crippen LogP contribution in [0.15, 0.2) is 12.5 Å². The van der Waals surface area contributed by atoms with Crippen molar-refractivity contribution in [3.05, 3.63) is 18.2 Å². The smallest absolute Gasteiger partial charge is 0.408 e. The molecule has 0 aromatic carbocycles. The van der Waals surface area contributed by atoms with Crippen molar-refractivity contribution in [1.29, 1.82) is 0 Å². The Morgan fingerprint density at radius 2 is 2.26 bits per heavy atom. The number of carbonyl (C=O) groups is 2. The molecule has 0 saturated carbocycles. The average Bonchev–Trinajstić information content (AvgIpc) is 2.73. The van der Waals surface area contributed by atoms with Crippen LogP contribution in [0.2, 0.25) is 0 Å². The van der Waals surface area contributed by atoms with Crippen LogP contribution in [0.3, 0.4) is 0 Å². The fourth-order valence-electron chi connectivity index (χ4n) is 1.69. The maximum atomic E-state index is 11.8. The number of alkyl carbamates (subject to hydrolysis) is 1. The fraction of sp³-hybridized carbons (Fsp3) is 0.615. The number of imidazole rings is 1. The van der Waals surface area contributed by atoms with Crippen molar-refractivity contribution in [3.63, 3.8) is 0 Å². The van der Waals surface area contributed by atoms with E-state index in [0.29, 0.717) is 0 Å². The lowest BCUT2D eigenvalue weighted by Crippen LogP contribution is -2.35. The van der Waals surface area contributed by atoms with E-state index in [-0.39, 0.29) is 6.42 Å². The number of nitrogens with one attached hydrogen (secondary N) is 1. The minimum atomic E-state index is -0.569. The van der Waals surface area contributed by atoms with E-state index in [0.717, 1.165) is 18.5 Å². The Morgan fingerprint density at radius 3 is 2.79 bits per heavy atom. The Hall–Kier alpha value is -1.85. The van der Waals surface area contributed by atoms with Gasteiger partial charge in [0.25, 0.3) is 0 Å². The van der Waals surface area contributed by atoms with E-state index in [1.54, 1.807) is 33.3 Å². The number of hydrogen-bond acceptors (Lipinski definition) is 4. The molecule has 0 aliphatic carbocycles. The largest absolute Gasteiger partial charge is 0.444 e. The van der Waals surface area contributed by atoms with Crippen molar-refractivity contribution in [3.8, 4) is 0 Å². The van der Waals surface area contributed by atoms with Crippen LogP contribution in [0.1, 0.15) is 45.9 Å². The molecule has 0 radical (unpaired) electrons. The Bertz CT molecular complexity index is 435. The molecule has 0 saturated heterocycles. The molecular weight excluding hydrogens is 246 g/mol. The minimum absolute atomic E-state index is 0.185. The summed E-state index contributed by atoms with van der Waals surface area (Å²) in [6.07, 6.45) is 3.74. The number of carbonyl (C=O) groups excluding carboxylic acids is 2. The van der Waals surface area contributed by atoms with E-state index >= 15 is 0 Å². The molecule has 1 aromatic heterocycles. The molecule has 106 valence electrons. The topological polar surface area (TPSA) is 73.2 Å². The number of aldehydes is 1. The lowest BCUT2D eigenvalue weighted by Gasteiger charge is -2.23. The molecule has 0 bridgehead atoms. The van der Waals surface area contributed by atoms with Gasteiger partial charge in [0.1, 0.15) is 11.9 Å². The average molecular weight is 267 g/mol. The summed E-state index contributed by atoms with van der Waals surface area (Å²) in [6.45, 7) is 8.06. The molecular formula is C13H21N3O3. The highest BCUT2D eigenvalue weighted by molar-refractivity contribution is 5.69. The lowest BCUT2D eigenvalue weighted by molar-refractivity contribution is -0.108. The van der Waals surface area contributed by atoms with Gasteiger partial charge in [-0.25, -0.2) is 9.78 Å². The highest BCUT2D eigenvalue weighted by Crippen LogP contribution is 2.17. The summed E-state index contributed by atoms with van der Waals surface area (Å²) in [5, 5.41) is 2.70. The zero-order valence-electron chi connectivity index (χ0n) is 11.8. The van der Waals surface area contributed by atoms with Gasteiger partial charge < -0.3 is 19.4 Å². The van der Waals surface area contributed by atoms with Crippen molar-refractivity contribution in [2.24, 2.45) is 0 Å². The molecule has 1 N–H and O–H groups in total. The first kappa shape index (κ1) is 15.2. The van der Waals surface area contributed by atoms with Crippen LogP contribution in [0.4, 0.5) is 4.79 Å². The summed E-state index contributed by atoms with van der Waals surface area (Å²) < 4.78 is 7.07. The molecule has 6 nitrogen and oxygen atoms in total. The van der Waals surface area contributed by atoms with Crippen LogP contribution in [-0.4, -0.2) is 27.5 Å². The molecule has 0 aliphatic rings. The van der Waals surface area contributed by atoms with Crippen LogP contribution >= 0.6 is 0 Å². The third kappa shape index (κ3) is 4.73. The molecule has 1 rings (SSSR count). The molecule has 1 amide bonds. The molecule has 0 unspecified atom stereocenters. The minimum Gasteiger partial charge on any atom is -0.444 e. The monoisotopic (exact) mass is 267 g/mol. The zero-order chi connectivity index (χ0) is 14.5.